The van der Waals surface area contributed by atoms with Crippen molar-refractivity contribution in [2.24, 2.45) is 0 Å². The van der Waals surface area contributed by atoms with Crippen LogP contribution in [0.4, 0.5) is 0 Å². The van der Waals surface area contributed by atoms with Crippen LogP contribution in [0.1, 0.15) is 5.56 Å². The second-order valence-corrected chi connectivity index (χ2v) is 15.8. The lowest BCUT2D eigenvalue weighted by atomic mass is 10.0. The highest BCUT2D eigenvalue weighted by Crippen LogP contribution is 2.45. The number of aromatic nitrogens is 9. The van der Waals surface area contributed by atoms with Gasteiger partial charge in [0.25, 0.3) is 0 Å². The van der Waals surface area contributed by atoms with Crippen LogP contribution in [0.2, 0.25) is 0 Å². The number of hydrogen-bond donors (Lipinski definition) is 0. The first-order chi connectivity index (χ1) is 32.2. The average molecular weight is 833 g/mol. The molecule has 0 N–H and O–H groups in total. The number of nitriles is 1. The van der Waals surface area contributed by atoms with Gasteiger partial charge in [0.1, 0.15) is 28.6 Å². The number of rotatable bonds is 6. The minimum atomic E-state index is 0.365. The van der Waals surface area contributed by atoms with E-state index in [-0.39, 0.29) is 0 Å². The summed E-state index contributed by atoms with van der Waals surface area (Å²) in [4.78, 5) is 30.9. The molecule has 10 heteroatoms. The molecular weight excluding hydrogens is 801 g/mol. The van der Waals surface area contributed by atoms with Crippen molar-refractivity contribution in [2.45, 2.75) is 0 Å². The largest absolute Gasteiger partial charge is 0.292 e. The van der Waals surface area contributed by atoms with Crippen molar-refractivity contribution in [3.05, 3.63) is 200 Å². The number of fused-ring (bicyclic) bond motifs is 9. The molecule has 0 radical (unpaired) electrons. The predicted octanol–water partition coefficient (Wildman–Crippen LogP) is 12.2. The van der Waals surface area contributed by atoms with Gasteiger partial charge in [0.05, 0.1) is 33.6 Å². The summed E-state index contributed by atoms with van der Waals surface area (Å²) in [6.07, 6.45) is 5.41. The van der Waals surface area contributed by atoms with Crippen molar-refractivity contribution >= 4 is 65.8 Å². The summed E-state index contributed by atoms with van der Waals surface area (Å²) in [5.41, 5.74) is 9.30. The van der Waals surface area contributed by atoms with E-state index in [0.29, 0.717) is 57.0 Å². The van der Waals surface area contributed by atoms with Gasteiger partial charge in [-0.2, -0.15) is 5.26 Å². The SMILES string of the molecule is N#Cc1c(-n2c3ccccc3c3cccnc32)c(-c2nc(-c3ccccc3)nc(-c3ccccc3)n2)cc(-n2c3ccccc3c3cccnc32)c1-n1c2ccccc2c2cccnc21. The monoisotopic (exact) mass is 832 g/mol. The summed E-state index contributed by atoms with van der Waals surface area (Å²) in [6, 6.07) is 61.7. The van der Waals surface area contributed by atoms with Crippen molar-refractivity contribution in [1.29, 1.82) is 5.26 Å². The van der Waals surface area contributed by atoms with E-state index in [9.17, 15) is 5.26 Å². The van der Waals surface area contributed by atoms with Crippen molar-refractivity contribution in [2.75, 3.05) is 0 Å². The molecule has 0 saturated carbocycles. The fraction of sp³-hybridized carbons (Fsp3) is 0. The van der Waals surface area contributed by atoms with Crippen LogP contribution >= 0.6 is 0 Å². The van der Waals surface area contributed by atoms with E-state index < -0.39 is 0 Å². The molecule has 0 atom stereocenters. The molecule has 0 aliphatic carbocycles. The summed E-state index contributed by atoms with van der Waals surface area (Å²) in [5, 5.41) is 18.1. The average Bonchev–Trinajstić information content (AvgIpc) is 4.02. The van der Waals surface area contributed by atoms with E-state index in [0.717, 1.165) is 65.6 Å². The van der Waals surface area contributed by atoms with E-state index in [1.807, 2.05) is 121 Å². The van der Waals surface area contributed by atoms with Gasteiger partial charge >= 0.3 is 0 Å². The molecule has 10 nitrogen and oxygen atoms in total. The Morgan fingerprint density at radius 1 is 0.369 bits per heavy atom. The van der Waals surface area contributed by atoms with Crippen molar-refractivity contribution < 1.29 is 0 Å². The number of hydrogen-bond acceptors (Lipinski definition) is 7. The Kier molecular flexibility index (Phi) is 8.03. The molecule has 0 amide bonds. The number of para-hydroxylation sites is 3. The molecular formula is C55H32N10. The van der Waals surface area contributed by atoms with E-state index >= 15 is 0 Å². The van der Waals surface area contributed by atoms with Crippen molar-refractivity contribution in [1.82, 2.24) is 43.6 Å². The van der Waals surface area contributed by atoms with Gasteiger partial charge in [-0.1, -0.05) is 115 Å². The minimum absolute atomic E-state index is 0.365. The van der Waals surface area contributed by atoms with Crippen LogP contribution in [0, 0.1) is 11.3 Å². The molecule has 65 heavy (non-hydrogen) atoms. The lowest BCUT2D eigenvalue weighted by molar-refractivity contribution is 1.02. The Bertz CT molecular complexity index is 3870. The third-order valence-corrected chi connectivity index (χ3v) is 12.3. The van der Waals surface area contributed by atoms with Gasteiger partial charge in [-0.15, -0.1) is 0 Å². The Labute approximate surface area is 370 Å². The molecule has 0 saturated heterocycles. The predicted molar refractivity (Wildman–Crippen MR) is 257 cm³/mol. The molecule has 13 aromatic rings. The maximum Gasteiger partial charge on any atom is 0.166 e. The van der Waals surface area contributed by atoms with Crippen molar-refractivity contribution in [3.8, 4) is 57.3 Å². The Balaban J connectivity index is 1.29. The van der Waals surface area contributed by atoms with Gasteiger partial charge < -0.3 is 0 Å². The van der Waals surface area contributed by atoms with E-state index in [1.165, 1.54) is 0 Å². The molecule has 302 valence electrons. The first-order valence-electron chi connectivity index (χ1n) is 21.3. The highest BCUT2D eigenvalue weighted by molar-refractivity contribution is 6.12. The first kappa shape index (κ1) is 36.3. The van der Waals surface area contributed by atoms with Crippen LogP contribution in [0.15, 0.2) is 195 Å². The molecule has 13 rings (SSSR count). The maximum atomic E-state index is 12.2. The van der Waals surface area contributed by atoms with Gasteiger partial charge in [0, 0.05) is 67.6 Å². The minimum Gasteiger partial charge on any atom is -0.292 e. The van der Waals surface area contributed by atoms with E-state index in [2.05, 4.69) is 80.4 Å². The van der Waals surface area contributed by atoms with E-state index in [1.54, 1.807) is 12.4 Å². The number of benzene rings is 6. The Morgan fingerprint density at radius 2 is 0.754 bits per heavy atom. The summed E-state index contributed by atoms with van der Waals surface area (Å²) in [6.45, 7) is 0. The third kappa shape index (κ3) is 5.46. The van der Waals surface area contributed by atoms with Gasteiger partial charge in [-0.3, -0.25) is 13.7 Å². The second kappa shape index (κ2) is 14.4. The molecule has 7 heterocycles. The normalized spacial score (nSPS) is 11.7. The quantitative estimate of drug-likeness (QED) is 0.164. The zero-order chi connectivity index (χ0) is 43.0. The fourth-order valence-electron chi connectivity index (χ4n) is 9.57. The van der Waals surface area contributed by atoms with Gasteiger partial charge in [-0.25, -0.2) is 29.9 Å². The standard InChI is InChI=1S/C55H32N10/c56-33-43-48(64-45-27-11-8-21-37(45)40-24-14-30-58-54(40)64)42(52-61-50(34-16-3-1-4-17-34)60-51(62-52)35-18-5-2-6-19-35)32-47(63-44-26-10-7-20-36(44)39-23-13-29-57-53(39)63)49(43)65-46-28-12-9-22-38(46)41-25-15-31-59-55(41)65/h1-32H. The lowest BCUT2D eigenvalue weighted by Crippen LogP contribution is -2.13. The van der Waals surface area contributed by atoms with Crippen LogP contribution < -0.4 is 0 Å². The number of pyridine rings is 3. The number of nitrogens with zero attached hydrogens (tertiary/aromatic N) is 10. The topological polar surface area (TPSA) is 116 Å². The van der Waals surface area contributed by atoms with Gasteiger partial charge in [0.2, 0.25) is 0 Å². The molecule has 0 spiro atoms. The molecule has 0 unspecified atom stereocenters. The highest BCUT2D eigenvalue weighted by Gasteiger charge is 2.31. The van der Waals surface area contributed by atoms with Crippen LogP contribution in [-0.2, 0) is 0 Å². The summed E-state index contributed by atoms with van der Waals surface area (Å²) >= 11 is 0. The third-order valence-electron chi connectivity index (χ3n) is 12.3. The molecule has 0 bridgehead atoms. The molecule has 0 fully saturated rings. The smallest absolute Gasteiger partial charge is 0.166 e. The molecule has 0 aliphatic rings. The van der Waals surface area contributed by atoms with E-state index in [4.69, 9.17) is 29.9 Å². The van der Waals surface area contributed by atoms with Gasteiger partial charge in [-0.05, 0) is 60.7 Å². The summed E-state index contributed by atoms with van der Waals surface area (Å²) in [5.74, 6) is 1.37. The highest BCUT2D eigenvalue weighted by atomic mass is 15.1. The van der Waals surface area contributed by atoms with Gasteiger partial charge in [0.15, 0.2) is 17.5 Å². The molecule has 0 aliphatic heterocycles. The van der Waals surface area contributed by atoms with Crippen LogP contribution in [0.25, 0.3) is 117 Å². The fourth-order valence-corrected chi connectivity index (χ4v) is 9.57. The molecule has 7 aromatic heterocycles. The van der Waals surface area contributed by atoms with Crippen LogP contribution in [0.5, 0.6) is 0 Å². The summed E-state index contributed by atoms with van der Waals surface area (Å²) in [7, 11) is 0. The zero-order valence-corrected chi connectivity index (χ0v) is 34.4. The lowest BCUT2D eigenvalue weighted by Gasteiger charge is -2.23. The van der Waals surface area contributed by atoms with Crippen LogP contribution in [0.3, 0.4) is 0 Å². The van der Waals surface area contributed by atoms with Crippen LogP contribution in [-0.4, -0.2) is 43.6 Å². The zero-order valence-electron chi connectivity index (χ0n) is 34.4. The Hall–Kier alpha value is -9.33. The second-order valence-electron chi connectivity index (χ2n) is 15.8. The first-order valence-corrected chi connectivity index (χ1v) is 21.3. The summed E-state index contributed by atoms with van der Waals surface area (Å²) < 4.78 is 6.40. The molecule has 6 aromatic carbocycles. The maximum absolute atomic E-state index is 12.2. The van der Waals surface area contributed by atoms with Crippen molar-refractivity contribution in [3.63, 3.8) is 0 Å². The Morgan fingerprint density at radius 3 is 1.23 bits per heavy atom.